The van der Waals surface area contributed by atoms with Gasteiger partial charge in [0.1, 0.15) is 0 Å². The molecule has 333 valence electrons. The Morgan fingerprint density at radius 3 is 2.00 bits per heavy atom. The number of benzene rings is 5. The standard InChI is InChI=1S/C41H33N4O.C17H22GeN.Ir/c1-25(2)33-23-29(27-11-6-5-7-12-27)24-34(26(3)4)38(33)45-37-16-9-8-15-36(37)43-40(45)32-14-10-13-30-31-17-18-35(28-19-21-42-22-20-28)44-41(31)46-39(30)32;1-13(2)15-11-17(14-9-7-6-8-10-14)19-12-16(15)18(3,4)5;/h5-13,15-26H,1-4H3;6-9,11-13H,1-5H3;/q2*-1;/i;13D;. The van der Waals surface area contributed by atoms with Crippen LogP contribution in [-0.2, 0) is 20.1 Å². The maximum absolute atomic E-state index is 8.44. The van der Waals surface area contributed by atoms with Crippen molar-refractivity contribution < 1.29 is 25.9 Å². The Kier molecular flexibility index (Phi) is 13.3. The average Bonchev–Trinajstić information content (AvgIpc) is 3.90. The molecule has 0 aliphatic heterocycles. The molecule has 10 aromatic rings. The normalized spacial score (nSPS) is 12.1. The number of fused-ring (bicyclic) bond motifs is 4. The SMILES string of the molecule is CC(C)c1cc(-c2ccccc2)cc(C(C)C)c1-n1c(-c2[c-]ccc3c2oc2nc(-c4ccncc4)ccc23)nc2ccccc21.[2H]C(C)(C)c1cc(-c2[c-]cccc2)nc[c]1[Ge]([CH3])([CH3])[CH3].[Ir]. The number of hydrogen-bond donors (Lipinski definition) is 0. The molecule has 0 aliphatic rings. The third kappa shape index (κ3) is 9.22. The topological polar surface area (TPSA) is 69.6 Å². The molecule has 0 bridgehead atoms. The van der Waals surface area contributed by atoms with Gasteiger partial charge >= 0.3 is 120 Å². The maximum atomic E-state index is 8.44. The van der Waals surface area contributed by atoms with Crippen molar-refractivity contribution in [3.05, 3.63) is 181 Å². The van der Waals surface area contributed by atoms with E-state index in [1.54, 1.807) is 12.4 Å². The van der Waals surface area contributed by atoms with Gasteiger partial charge in [-0.15, -0.1) is 18.2 Å². The molecule has 0 N–H and O–H groups in total. The van der Waals surface area contributed by atoms with Gasteiger partial charge < -0.3 is 8.98 Å². The second-order valence-electron chi connectivity index (χ2n) is 18.6. The molecule has 0 fully saturated rings. The molecule has 8 heteroatoms. The zero-order valence-electron chi connectivity index (χ0n) is 40.1. The van der Waals surface area contributed by atoms with Gasteiger partial charge in [0.2, 0.25) is 5.71 Å². The molecule has 5 aromatic carbocycles. The monoisotopic (exact) mass is 1110 g/mol. The summed E-state index contributed by atoms with van der Waals surface area (Å²) in [7, 11) is 0. The number of aromatic nitrogens is 5. The summed E-state index contributed by atoms with van der Waals surface area (Å²) in [6.07, 6.45) is 5.56. The Bertz CT molecular complexity index is 3310. The molecule has 5 heterocycles. The first-order valence-electron chi connectivity index (χ1n) is 23.0. The van der Waals surface area contributed by atoms with Gasteiger partial charge in [-0.1, -0.05) is 81.1 Å². The third-order valence-corrected chi connectivity index (χ3v) is 16.3. The molecule has 0 spiro atoms. The van der Waals surface area contributed by atoms with Crippen LogP contribution in [0.4, 0.5) is 0 Å². The van der Waals surface area contributed by atoms with Crippen molar-refractivity contribution in [1.82, 2.24) is 24.5 Å². The minimum Gasteiger partial charge on any atom is 0 e. The van der Waals surface area contributed by atoms with Crippen LogP contribution in [0.1, 0.15) is 77.3 Å². The van der Waals surface area contributed by atoms with E-state index in [1.807, 2.05) is 74.6 Å². The number of pyridine rings is 3. The number of rotatable bonds is 9. The van der Waals surface area contributed by atoms with Crippen molar-refractivity contribution in [2.24, 2.45) is 0 Å². The minimum absolute atomic E-state index is 0. The van der Waals surface area contributed by atoms with Crippen molar-refractivity contribution in [2.75, 3.05) is 0 Å². The van der Waals surface area contributed by atoms with Crippen molar-refractivity contribution >= 4 is 50.8 Å². The first kappa shape index (κ1) is 45.2. The Morgan fingerprint density at radius 2 is 1.33 bits per heavy atom. The average molecular weight is 1100 g/mol. The molecular formula is C58H55GeIrN5O-2. The van der Waals surface area contributed by atoms with Crippen LogP contribution in [0.3, 0.4) is 0 Å². The van der Waals surface area contributed by atoms with Crippen molar-refractivity contribution in [2.45, 2.75) is 76.5 Å². The summed E-state index contributed by atoms with van der Waals surface area (Å²) in [5.41, 5.74) is 15.1. The number of para-hydroxylation sites is 2. The van der Waals surface area contributed by atoms with Gasteiger partial charge in [0.25, 0.3) is 0 Å². The van der Waals surface area contributed by atoms with Crippen LogP contribution in [0.5, 0.6) is 0 Å². The van der Waals surface area contributed by atoms with Crippen molar-refractivity contribution in [3.8, 4) is 50.7 Å². The summed E-state index contributed by atoms with van der Waals surface area (Å²) in [6, 6.07) is 52.5. The van der Waals surface area contributed by atoms with Crippen LogP contribution in [0.2, 0.25) is 17.3 Å². The summed E-state index contributed by atoms with van der Waals surface area (Å²) >= 11 is -2.03. The van der Waals surface area contributed by atoms with Crippen LogP contribution in [-0.4, -0.2) is 37.8 Å². The van der Waals surface area contributed by atoms with Gasteiger partial charge in [0, 0.05) is 49.1 Å². The minimum atomic E-state index is -2.03. The molecule has 0 aliphatic carbocycles. The number of hydrogen-bond acceptors (Lipinski definition) is 5. The van der Waals surface area contributed by atoms with E-state index < -0.39 is 19.2 Å². The van der Waals surface area contributed by atoms with E-state index in [2.05, 4.69) is 150 Å². The Labute approximate surface area is 406 Å². The predicted molar refractivity (Wildman–Crippen MR) is 273 cm³/mol. The summed E-state index contributed by atoms with van der Waals surface area (Å²) in [4.78, 5) is 19.0. The van der Waals surface area contributed by atoms with E-state index in [4.69, 9.17) is 15.8 Å². The Hall–Kier alpha value is -5.99. The van der Waals surface area contributed by atoms with E-state index in [9.17, 15) is 0 Å². The van der Waals surface area contributed by atoms with E-state index in [-0.39, 0.29) is 31.9 Å². The van der Waals surface area contributed by atoms with E-state index >= 15 is 0 Å². The Morgan fingerprint density at radius 1 is 0.636 bits per heavy atom. The van der Waals surface area contributed by atoms with Crippen LogP contribution in [0.25, 0.3) is 83.8 Å². The van der Waals surface area contributed by atoms with Crippen LogP contribution in [0.15, 0.2) is 156 Å². The fourth-order valence-electron chi connectivity index (χ4n) is 8.67. The first-order chi connectivity index (χ1) is 31.7. The van der Waals surface area contributed by atoms with Gasteiger partial charge in [-0.3, -0.25) is 9.97 Å². The molecule has 6 nitrogen and oxygen atoms in total. The smallest absolute Gasteiger partial charge is 0 e. The molecule has 66 heavy (non-hydrogen) atoms. The number of furan rings is 1. The molecular weight excluding hydrogens is 1050 g/mol. The summed E-state index contributed by atoms with van der Waals surface area (Å²) in [5.74, 6) is 7.79. The largest absolute Gasteiger partial charge is 0 e. The number of nitrogens with zero attached hydrogens (tertiary/aromatic N) is 5. The van der Waals surface area contributed by atoms with Crippen molar-refractivity contribution in [3.63, 3.8) is 0 Å². The quantitative estimate of drug-likeness (QED) is 0.106. The van der Waals surface area contributed by atoms with E-state index in [0.29, 0.717) is 5.71 Å². The fourth-order valence-corrected chi connectivity index (χ4v) is 12.0. The molecule has 10 rings (SSSR count). The Balaban J connectivity index is 0.000000244. The summed E-state index contributed by atoms with van der Waals surface area (Å²) in [5, 5.41) is 1.95. The molecule has 0 saturated carbocycles. The second kappa shape index (κ2) is 19.5. The molecule has 0 unspecified atom stereocenters. The predicted octanol–water partition coefficient (Wildman–Crippen LogP) is 15.0. The number of imidazole rings is 1. The molecule has 0 atom stereocenters. The van der Waals surface area contributed by atoms with Crippen LogP contribution >= 0.6 is 0 Å². The molecule has 0 amide bonds. The third-order valence-electron chi connectivity index (χ3n) is 12.0. The van der Waals surface area contributed by atoms with Gasteiger partial charge in [-0.25, -0.2) is 4.98 Å². The second-order valence-corrected chi connectivity index (χ2v) is 29.1. The van der Waals surface area contributed by atoms with Gasteiger partial charge in [0.05, 0.1) is 28.1 Å². The van der Waals surface area contributed by atoms with Crippen LogP contribution in [0, 0.1) is 12.1 Å². The van der Waals surface area contributed by atoms with E-state index in [1.165, 1.54) is 32.3 Å². The first-order valence-corrected chi connectivity index (χ1v) is 29.9. The van der Waals surface area contributed by atoms with E-state index in [0.717, 1.165) is 66.9 Å². The summed E-state index contributed by atoms with van der Waals surface area (Å²) in [6.45, 7) is 13.0. The van der Waals surface area contributed by atoms with Gasteiger partial charge in [-0.2, -0.15) is 0 Å². The van der Waals surface area contributed by atoms with Gasteiger partial charge in [-0.05, 0) is 82.6 Å². The van der Waals surface area contributed by atoms with Gasteiger partial charge in [0.15, 0.2) is 0 Å². The molecule has 0 saturated heterocycles. The summed E-state index contributed by atoms with van der Waals surface area (Å²) < 4.78 is 18.7. The van der Waals surface area contributed by atoms with Crippen LogP contribution < -0.4 is 4.40 Å². The molecule has 5 aromatic heterocycles. The van der Waals surface area contributed by atoms with Crippen molar-refractivity contribution in [1.29, 1.82) is 0 Å². The molecule has 1 radical (unpaired) electrons. The zero-order valence-corrected chi connectivity index (χ0v) is 43.6. The maximum Gasteiger partial charge on any atom is 0 e. The zero-order chi connectivity index (χ0) is 46.3. The fraction of sp³-hybridized carbons (Fsp3) is 0.207.